The Bertz CT molecular complexity index is 1280. The third-order valence-corrected chi connectivity index (χ3v) is 5.59. The zero-order valence-electron chi connectivity index (χ0n) is 17.8. The van der Waals surface area contributed by atoms with E-state index in [1.165, 1.54) is 43.5 Å². The largest absolute Gasteiger partial charge is 0.487 e. The fourth-order valence-electron chi connectivity index (χ4n) is 2.89. The molecule has 1 N–H and O–H groups in total. The first-order chi connectivity index (χ1) is 16.3. The number of rotatable bonds is 7. The highest BCUT2D eigenvalue weighted by Gasteiger charge is 2.15. The normalized spacial score (nSPS) is 10.9. The smallest absolute Gasteiger partial charge is 0.337 e. The lowest BCUT2D eigenvalue weighted by molar-refractivity contribution is -0.112. The van der Waals surface area contributed by atoms with Crippen LogP contribution in [0, 0.1) is 11.3 Å². The number of nitrogens with zero attached hydrogens (tertiary/aromatic N) is 1. The first-order valence-electron chi connectivity index (χ1n) is 9.78. The van der Waals surface area contributed by atoms with Gasteiger partial charge in [0, 0.05) is 20.7 Å². The lowest BCUT2D eigenvalue weighted by Gasteiger charge is -2.13. The lowest BCUT2D eigenvalue weighted by Crippen LogP contribution is -2.13. The molecule has 0 unspecified atom stereocenters. The topological polar surface area (TPSA) is 88.4 Å². The number of methoxy groups -OCH3 is 1. The molecule has 0 saturated carbocycles. The van der Waals surface area contributed by atoms with Crippen LogP contribution in [0.4, 0.5) is 5.69 Å². The van der Waals surface area contributed by atoms with Crippen LogP contribution in [-0.4, -0.2) is 19.0 Å². The van der Waals surface area contributed by atoms with E-state index in [4.69, 9.17) is 27.9 Å². The number of nitrogens with one attached hydrogen (secondary N) is 1. The molecule has 3 aromatic rings. The molecule has 3 aromatic carbocycles. The molecular weight excluding hydrogens is 543 g/mol. The molecule has 0 saturated heterocycles. The van der Waals surface area contributed by atoms with Crippen LogP contribution in [0.3, 0.4) is 0 Å². The fourth-order valence-corrected chi connectivity index (χ4v) is 3.71. The molecule has 0 aliphatic heterocycles. The van der Waals surface area contributed by atoms with Crippen LogP contribution in [-0.2, 0) is 16.1 Å². The van der Waals surface area contributed by atoms with E-state index in [1.807, 2.05) is 30.3 Å². The second-order valence-corrected chi connectivity index (χ2v) is 8.67. The molecule has 0 fully saturated rings. The summed E-state index contributed by atoms with van der Waals surface area (Å²) >= 11 is 15.9. The molecule has 9 heteroatoms. The number of anilines is 1. The SMILES string of the molecule is COC(=O)c1ccc(NC(=O)/C(C#N)=C/c2cc(Cl)cc(Cl)c2OCc2ccc(Br)cc2)cc1. The second-order valence-electron chi connectivity index (χ2n) is 6.91. The van der Waals surface area contributed by atoms with E-state index in [-0.39, 0.29) is 23.0 Å². The van der Waals surface area contributed by atoms with Crippen LogP contribution in [0.1, 0.15) is 21.5 Å². The zero-order chi connectivity index (χ0) is 24.7. The van der Waals surface area contributed by atoms with E-state index in [9.17, 15) is 14.9 Å². The summed E-state index contributed by atoms with van der Waals surface area (Å²) in [6.07, 6.45) is 1.35. The van der Waals surface area contributed by atoms with Crippen molar-refractivity contribution >= 4 is 62.8 Å². The number of esters is 1. The molecule has 0 aromatic heterocycles. The van der Waals surface area contributed by atoms with Crippen molar-refractivity contribution in [3.05, 3.63) is 97.4 Å². The summed E-state index contributed by atoms with van der Waals surface area (Å²) in [6, 6.07) is 18.6. The predicted octanol–water partition coefficient (Wildman–Crippen LogP) is 6.67. The van der Waals surface area contributed by atoms with Crippen LogP contribution in [0.15, 0.2) is 70.7 Å². The van der Waals surface area contributed by atoms with Gasteiger partial charge in [-0.15, -0.1) is 0 Å². The maximum absolute atomic E-state index is 12.7. The number of halogens is 3. The summed E-state index contributed by atoms with van der Waals surface area (Å²) in [6.45, 7) is 0.218. The summed E-state index contributed by atoms with van der Waals surface area (Å²) in [7, 11) is 1.28. The van der Waals surface area contributed by atoms with E-state index in [0.717, 1.165) is 10.0 Å². The molecule has 34 heavy (non-hydrogen) atoms. The lowest BCUT2D eigenvalue weighted by atomic mass is 10.1. The van der Waals surface area contributed by atoms with E-state index in [2.05, 4.69) is 26.0 Å². The van der Waals surface area contributed by atoms with Crippen molar-refractivity contribution in [1.82, 2.24) is 0 Å². The molecule has 0 radical (unpaired) electrons. The highest BCUT2D eigenvalue weighted by molar-refractivity contribution is 9.10. The van der Waals surface area contributed by atoms with Gasteiger partial charge in [-0.1, -0.05) is 51.3 Å². The van der Waals surface area contributed by atoms with Crippen LogP contribution in [0.5, 0.6) is 5.75 Å². The summed E-state index contributed by atoms with van der Waals surface area (Å²) in [5, 5.41) is 12.8. The van der Waals surface area contributed by atoms with E-state index >= 15 is 0 Å². The minimum Gasteiger partial charge on any atom is -0.487 e. The number of carbonyl (C=O) groups is 2. The minimum absolute atomic E-state index is 0.191. The number of benzene rings is 3. The molecule has 3 rings (SSSR count). The number of ether oxygens (including phenoxy) is 2. The minimum atomic E-state index is -0.650. The number of carbonyl (C=O) groups excluding carboxylic acids is 2. The molecule has 0 aliphatic carbocycles. The van der Waals surface area contributed by atoms with Gasteiger partial charge in [0.05, 0.1) is 17.7 Å². The molecule has 1 amide bonds. The molecule has 0 spiro atoms. The molecule has 172 valence electrons. The van der Waals surface area contributed by atoms with Crippen molar-refractivity contribution in [3.63, 3.8) is 0 Å². The van der Waals surface area contributed by atoms with Gasteiger partial charge in [0.25, 0.3) is 5.91 Å². The van der Waals surface area contributed by atoms with Gasteiger partial charge >= 0.3 is 5.97 Å². The Hall–Kier alpha value is -3.31. The Morgan fingerprint density at radius 3 is 2.38 bits per heavy atom. The van der Waals surface area contributed by atoms with Gasteiger partial charge in [-0.25, -0.2) is 4.79 Å². The first-order valence-corrected chi connectivity index (χ1v) is 11.3. The number of nitriles is 1. The van der Waals surface area contributed by atoms with Gasteiger partial charge < -0.3 is 14.8 Å². The van der Waals surface area contributed by atoms with Crippen LogP contribution < -0.4 is 10.1 Å². The third kappa shape index (κ3) is 6.61. The van der Waals surface area contributed by atoms with Gasteiger partial charge in [-0.2, -0.15) is 5.26 Å². The Morgan fingerprint density at radius 1 is 1.09 bits per heavy atom. The van der Waals surface area contributed by atoms with Crippen LogP contribution in [0.2, 0.25) is 10.0 Å². The average Bonchev–Trinajstić information content (AvgIpc) is 2.82. The monoisotopic (exact) mass is 558 g/mol. The predicted molar refractivity (Wildman–Crippen MR) is 135 cm³/mol. The summed E-state index contributed by atoms with van der Waals surface area (Å²) in [5.41, 5.74) is 1.82. The second kappa shape index (κ2) is 11.7. The fraction of sp³-hybridized carbons (Fsp3) is 0.0800. The summed E-state index contributed by atoms with van der Waals surface area (Å²) in [5.74, 6) is -0.857. The van der Waals surface area contributed by atoms with Gasteiger partial charge in [0.2, 0.25) is 0 Å². The van der Waals surface area contributed by atoms with Gasteiger partial charge in [0.1, 0.15) is 24.0 Å². The summed E-state index contributed by atoms with van der Waals surface area (Å²) in [4.78, 5) is 24.3. The Kier molecular flexibility index (Phi) is 8.72. The maximum Gasteiger partial charge on any atom is 0.337 e. The molecule has 0 heterocycles. The Labute approximate surface area is 214 Å². The van der Waals surface area contributed by atoms with Crippen molar-refractivity contribution in [3.8, 4) is 11.8 Å². The molecule has 0 aliphatic rings. The van der Waals surface area contributed by atoms with Crippen molar-refractivity contribution < 1.29 is 19.1 Å². The van der Waals surface area contributed by atoms with E-state index in [1.54, 1.807) is 6.07 Å². The third-order valence-electron chi connectivity index (χ3n) is 4.56. The molecule has 0 atom stereocenters. The van der Waals surface area contributed by atoms with Gasteiger partial charge in [-0.05, 0) is 60.2 Å². The quantitative estimate of drug-likeness (QED) is 0.198. The number of hydrogen-bond donors (Lipinski definition) is 1. The van der Waals surface area contributed by atoms with Crippen LogP contribution >= 0.6 is 39.1 Å². The van der Waals surface area contributed by atoms with Gasteiger partial charge in [0.15, 0.2) is 0 Å². The first kappa shape index (κ1) is 25.3. The number of hydrogen-bond acceptors (Lipinski definition) is 5. The van der Waals surface area contributed by atoms with Crippen molar-refractivity contribution in [1.29, 1.82) is 5.26 Å². The van der Waals surface area contributed by atoms with E-state index in [0.29, 0.717) is 21.8 Å². The average molecular weight is 560 g/mol. The molecule has 6 nitrogen and oxygen atoms in total. The van der Waals surface area contributed by atoms with E-state index < -0.39 is 11.9 Å². The summed E-state index contributed by atoms with van der Waals surface area (Å²) < 4.78 is 11.5. The standard InChI is InChI=1S/C25H17BrCl2N2O4/c1-33-25(32)16-4-8-21(9-5-16)30-24(31)18(13-29)10-17-11-20(27)12-22(28)23(17)34-14-15-2-6-19(26)7-3-15/h2-12H,14H2,1H3,(H,30,31)/b18-10+. The van der Waals surface area contributed by atoms with Crippen molar-refractivity contribution in [2.45, 2.75) is 6.61 Å². The number of amides is 1. The Balaban J connectivity index is 1.84. The van der Waals surface area contributed by atoms with Gasteiger partial charge in [-0.3, -0.25) is 4.79 Å². The van der Waals surface area contributed by atoms with Crippen molar-refractivity contribution in [2.75, 3.05) is 12.4 Å². The van der Waals surface area contributed by atoms with Crippen molar-refractivity contribution in [2.24, 2.45) is 0 Å². The van der Waals surface area contributed by atoms with Crippen LogP contribution in [0.25, 0.3) is 6.08 Å². The molecule has 0 bridgehead atoms. The molecular formula is C25H17BrCl2N2O4. The maximum atomic E-state index is 12.7. The highest BCUT2D eigenvalue weighted by Crippen LogP contribution is 2.34. The Morgan fingerprint density at radius 2 is 1.76 bits per heavy atom. The highest BCUT2D eigenvalue weighted by atomic mass is 79.9. The zero-order valence-corrected chi connectivity index (χ0v) is 20.9.